The molecule has 5 heteroatoms. The number of amides is 1. The van der Waals surface area contributed by atoms with Crippen LogP contribution in [0.5, 0.6) is 5.75 Å². The van der Waals surface area contributed by atoms with Gasteiger partial charge in [0, 0.05) is 35.2 Å². The standard InChI is InChI=1S/C20H27BrN2O2/c1-2-25-19-9-8-17(21)14-16(19)7-10-20(24)23-13-5-6-18(23)15-22-11-3-4-12-22/h7-10,14,18H,2-6,11-13,15H2,1H3/b10-7+. The highest BCUT2D eigenvalue weighted by molar-refractivity contribution is 9.10. The predicted molar refractivity (Wildman–Crippen MR) is 105 cm³/mol. The Hall–Kier alpha value is -1.33. The van der Waals surface area contributed by atoms with E-state index in [9.17, 15) is 4.79 Å². The van der Waals surface area contributed by atoms with E-state index >= 15 is 0 Å². The van der Waals surface area contributed by atoms with E-state index in [1.807, 2.05) is 36.1 Å². The highest BCUT2D eigenvalue weighted by Crippen LogP contribution is 2.25. The van der Waals surface area contributed by atoms with E-state index in [0.717, 1.165) is 41.7 Å². The monoisotopic (exact) mass is 406 g/mol. The molecule has 1 unspecified atom stereocenters. The SMILES string of the molecule is CCOc1ccc(Br)cc1/C=C/C(=O)N1CCCC1CN1CCCC1. The fraction of sp³-hybridized carbons (Fsp3) is 0.550. The summed E-state index contributed by atoms with van der Waals surface area (Å²) in [5.74, 6) is 0.925. The molecule has 2 aliphatic heterocycles. The van der Waals surface area contributed by atoms with Crippen LogP contribution in [-0.4, -0.2) is 54.5 Å². The van der Waals surface area contributed by atoms with Gasteiger partial charge in [0.1, 0.15) is 5.75 Å². The van der Waals surface area contributed by atoms with Gasteiger partial charge in [0.15, 0.2) is 0 Å². The maximum atomic E-state index is 12.7. The van der Waals surface area contributed by atoms with E-state index in [1.54, 1.807) is 6.08 Å². The van der Waals surface area contributed by atoms with E-state index in [1.165, 1.54) is 25.9 Å². The summed E-state index contributed by atoms with van der Waals surface area (Å²) in [5.41, 5.74) is 0.930. The molecule has 1 aromatic rings. The number of likely N-dealkylation sites (tertiary alicyclic amines) is 2. The second-order valence-corrected chi connectivity index (χ2v) is 7.70. The van der Waals surface area contributed by atoms with Crippen LogP contribution in [0.15, 0.2) is 28.7 Å². The van der Waals surface area contributed by atoms with Crippen molar-refractivity contribution in [1.29, 1.82) is 0 Å². The molecule has 0 radical (unpaired) electrons. The first-order valence-corrected chi connectivity index (χ1v) is 10.1. The highest BCUT2D eigenvalue weighted by Gasteiger charge is 2.29. The molecule has 0 spiro atoms. The Morgan fingerprint density at radius 1 is 1.28 bits per heavy atom. The zero-order chi connectivity index (χ0) is 17.6. The molecule has 2 heterocycles. The Morgan fingerprint density at radius 2 is 2.08 bits per heavy atom. The van der Waals surface area contributed by atoms with Gasteiger partial charge in [0.05, 0.1) is 6.61 Å². The number of carbonyl (C=O) groups excluding carboxylic acids is 1. The summed E-state index contributed by atoms with van der Waals surface area (Å²) in [4.78, 5) is 17.3. The van der Waals surface area contributed by atoms with E-state index in [2.05, 4.69) is 20.8 Å². The number of hydrogen-bond acceptors (Lipinski definition) is 3. The van der Waals surface area contributed by atoms with Crippen LogP contribution in [0.1, 0.15) is 38.2 Å². The van der Waals surface area contributed by atoms with Gasteiger partial charge in [0.2, 0.25) is 5.91 Å². The van der Waals surface area contributed by atoms with Crippen molar-refractivity contribution in [3.05, 3.63) is 34.3 Å². The average molecular weight is 407 g/mol. The molecule has 4 nitrogen and oxygen atoms in total. The first-order chi connectivity index (χ1) is 12.2. The maximum Gasteiger partial charge on any atom is 0.246 e. The second kappa shape index (κ2) is 8.86. The Balaban J connectivity index is 1.66. The number of carbonyl (C=O) groups is 1. The zero-order valence-corrected chi connectivity index (χ0v) is 16.5. The number of benzene rings is 1. The minimum Gasteiger partial charge on any atom is -0.493 e. The third-order valence-corrected chi connectivity index (χ3v) is 5.50. The third-order valence-electron chi connectivity index (χ3n) is 5.00. The van der Waals surface area contributed by atoms with Crippen molar-refractivity contribution in [1.82, 2.24) is 9.80 Å². The predicted octanol–water partition coefficient (Wildman–Crippen LogP) is 3.95. The summed E-state index contributed by atoms with van der Waals surface area (Å²) >= 11 is 3.49. The Kier molecular flexibility index (Phi) is 6.54. The lowest BCUT2D eigenvalue weighted by Gasteiger charge is -2.27. The van der Waals surface area contributed by atoms with Crippen LogP contribution in [0.4, 0.5) is 0 Å². The van der Waals surface area contributed by atoms with Crippen molar-refractivity contribution in [2.24, 2.45) is 0 Å². The number of hydrogen-bond donors (Lipinski definition) is 0. The van der Waals surface area contributed by atoms with Gasteiger partial charge in [-0.05, 0) is 70.0 Å². The molecule has 1 amide bonds. The summed E-state index contributed by atoms with van der Waals surface area (Å²) in [6, 6.07) is 6.24. The van der Waals surface area contributed by atoms with Gasteiger partial charge in [-0.15, -0.1) is 0 Å². The molecule has 1 aromatic carbocycles. The summed E-state index contributed by atoms with van der Waals surface area (Å²) < 4.78 is 6.64. The molecule has 0 aromatic heterocycles. The Morgan fingerprint density at radius 3 is 2.84 bits per heavy atom. The molecular formula is C20H27BrN2O2. The van der Waals surface area contributed by atoms with Crippen molar-refractivity contribution in [2.75, 3.05) is 32.8 Å². The van der Waals surface area contributed by atoms with Gasteiger partial charge in [-0.25, -0.2) is 0 Å². The molecule has 136 valence electrons. The molecular weight excluding hydrogens is 380 g/mol. The van der Waals surface area contributed by atoms with Crippen molar-refractivity contribution < 1.29 is 9.53 Å². The fourth-order valence-electron chi connectivity index (χ4n) is 3.77. The number of rotatable bonds is 6. The van der Waals surface area contributed by atoms with Gasteiger partial charge < -0.3 is 14.5 Å². The molecule has 0 bridgehead atoms. The molecule has 0 saturated carbocycles. The van der Waals surface area contributed by atoms with Crippen molar-refractivity contribution >= 4 is 27.9 Å². The van der Waals surface area contributed by atoms with Crippen LogP contribution in [0.25, 0.3) is 6.08 Å². The van der Waals surface area contributed by atoms with E-state index in [-0.39, 0.29) is 5.91 Å². The Labute approximate surface area is 159 Å². The third kappa shape index (κ3) is 4.85. The number of halogens is 1. The van der Waals surface area contributed by atoms with Crippen LogP contribution in [0, 0.1) is 0 Å². The van der Waals surface area contributed by atoms with E-state index < -0.39 is 0 Å². The molecule has 3 rings (SSSR count). The van der Waals surface area contributed by atoms with Crippen LogP contribution in [0.3, 0.4) is 0 Å². The summed E-state index contributed by atoms with van der Waals surface area (Å²) in [6.45, 7) is 6.85. The minimum atomic E-state index is 0.115. The van der Waals surface area contributed by atoms with E-state index in [0.29, 0.717) is 12.6 Å². The normalized spacial score (nSPS) is 21.4. The minimum absolute atomic E-state index is 0.115. The molecule has 1 atom stereocenters. The van der Waals surface area contributed by atoms with Crippen molar-refractivity contribution in [2.45, 2.75) is 38.6 Å². The number of ether oxygens (including phenoxy) is 1. The smallest absolute Gasteiger partial charge is 0.246 e. The molecule has 2 aliphatic rings. The lowest BCUT2D eigenvalue weighted by molar-refractivity contribution is -0.127. The highest BCUT2D eigenvalue weighted by atomic mass is 79.9. The van der Waals surface area contributed by atoms with Gasteiger partial charge in [-0.1, -0.05) is 15.9 Å². The van der Waals surface area contributed by atoms with Crippen LogP contribution in [0.2, 0.25) is 0 Å². The van der Waals surface area contributed by atoms with Crippen molar-refractivity contribution in [3.63, 3.8) is 0 Å². The summed E-state index contributed by atoms with van der Waals surface area (Å²) in [5, 5.41) is 0. The van der Waals surface area contributed by atoms with Crippen LogP contribution >= 0.6 is 15.9 Å². The van der Waals surface area contributed by atoms with Crippen LogP contribution in [-0.2, 0) is 4.79 Å². The molecule has 2 saturated heterocycles. The summed E-state index contributed by atoms with van der Waals surface area (Å²) in [6.07, 6.45) is 8.40. The molecule has 0 aliphatic carbocycles. The first-order valence-electron chi connectivity index (χ1n) is 9.30. The van der Waals surface area contributed by atoms with Gasteiger partial charge in [-0.2, -0.15) is 0 Å². The fourth-order valence-corrected chi connectivity index (χ4v) is 4.15. The lowest BCUT2D eigenvalue weighted by Crippen LogP contribution is -2.41. The number of nitrogens with zero attached hydrogens (tertiary/aromatic N) is 2. The van der Waals surface area contributed by atoms with Gasteiger partial charge in [0.25, 0.3) is 0 Å². The van der Waals surface area contributed by atoms with Gasteiger partial charge in [-0.3, -0.25) is 4.79 Å². The van der Waals surface area contributed by atoms with Gasteiger partial charge >= 0.3 is 0 Å². The maximum absolute atomic E-state index is 12.7. The zero-order valence-electron chi connectivity index (χ0n) is 14.9. The lowest BCUT2D eigenvalue weighted by atomic mass is 10.1. The largest absolute Gasteiger partial charge is 0.493 e. The average Bonchev–Trinajstić information content (AvgIpc) is 3.27. The first kappa shape index (κ1) is 18.5. The van der Waals surface area contributed by atoms with Crippen molar-refractivity contribution in [3.8, 4) is 5.75 Å². The van der Waals surface area contributed by atoms with E-state index in [4.69, 9.17) is 4.74 Å². The molecule has 25 heavy (non-hydrogen) atoms. The Bertz CT molecular complexity index is 626. The molecule has 2 fully saturated rings. The quantitative estimate of drug-likeness (QED) is 0.670. The van der Waals surface area contributed by atoms with Crippen LogP contribution < -0.4 is 4.74 Å². The second-order valence-electron chi connectivity index (χ2n) is 6.78. The topological polar surface area (TPSA) is 32.8 Å². The molecule has 0 N–H and O–H groups in total. The summed E-state index contributed by atoms with van der Waals surface area (Å²) in [7, 11) is 0.